The van der Waals surface area contributed by atoms with Crippen LogP contribution in [0.3, 0.4) is 0 Å². The van der Waals surface area contributed by atoms with Crippen molar-refractivity contribution in [1.29, 1.82) is 0 Å². The Morgan fingerprint density at radius 3 is 2.74 bits per heavy atom. The molecule has 6 heteroatoms. The van der Waals surface area contributed by atoms with Crippen molar-refractivity contribution in [2.75, 3.05) is 0 Å². The maximum absolute atomic E-state index is 12.3. The van der Waals surface area contributed by atoms with Gasteiger partial charge in [0.1, 0.15) is 5.01 Å². The number of carbonyl (C=O) groups is 1. The smallest absolute Gasteiger partial charge is 0.223 e. The Hall–Kier alpha value is -1.43. The Morgan fingerprint density at radius 1 is 1.35 bits per heavy atom. The van der Waals surface area contributed by atoms with Crippen molar-refractivity contribution in [1.82, 2.24) is 10.3 Å². The molecule has 1 aromatic heterocycles. The third kappa shape index (κ3) is 4.31. The van der Waals surface area contributed by atoms with E-state index in [2.05, 4.69) is 10.3 Å². The Labute approximate surface area is 146 Å². The number of benzene rings is 1. The standard InChI is InChI=1S/C17H21N3OS.ClH/c1-11(19-16(21)13-7-8-14(18)9-13)17-20-15(10-22-17)12-5-3-2-4-6-12;/h2-6,10-11,13-14H,7-9,18H2,1H3,(H,19,21);1H. The molecular formula is C17H22ClN3OS. The molecule has 3 rings (SSSR count). The van der Waals surface area contributed by atoms with Crippen LogP contribution in [0.1, 0.15) is 37.2 Å². The van der Waals surface area contributed by atoms with Crippen molar-refractivity contribution in [3.05, 3.63) is 40.7 Å². The maximum Gasteiger partial charge on any atom is 0.223 e. The van der Waals surface area contributed by atoms with Crippen molar-refractivity contribution < 1.29 is 4.79 Å². The van der Waals surface area contributed by atoms with Gasteiger partial charge in [-0.3, -0.25) is 4.79 Å². The molecule has 0 radical (unpaired) electrons. The van der Waals surface area contributed by atoms with Gasteiger partial charge in [-0.25, -0.2) is 4.98 Å². The zero-order valence-electron chi connectivity index (χ0n) is 13.1. The van der Waals surface area contributed by atoms with Crippen LogP contribution in [0.2, 0.25) is 0 Å². The van der Waals surface area contributed by atoms with Gasteiger partial charge in [0.05, 0.1) is 11.7 Å². The van der Waals surface area contributed by atoms with Crippen LogP contribution >= 0.6 is 23.7 Å². The molecule has 3 atom stereocenters. The van der Waals surface area contributed by atoms with Gasteiger partial charge in [0.2, 0.25) is 5.91 Å². The molecule has 124 valence electrons. The highest BCUT2D eigenvalue weighted by Crippen LogP contribution is 2.27. The molecule has 1 aliphatic rings. The van der Waals surface area contributed by atoms with Gasteiger partial charge in [0.25, 0.3) is 0 Å². The molecule has 0 bridgehead atoms. The molecule has 23 heavy (non-hydrogen) atoms. The first-order valence-electron chi connectivity index (χ1n) is 7.70. The highest BCUT2D eigenvalue weighted by atomic mass is 35.5. The summed E-state index contributed by atoms with van der Waals surface area (Å²) in [5.41, 5.74) is 7.95. The number of aromatic nitrogens is 1. The fraction of sp³-hybridized carbons (Fsp3) is 0.412. The number of hydrogen-bond acceptors (Lipinski definition) is 4. The predicted molar refractivity (Wildman–Crippen MR) is 96.7 cm³/mol. The second kappa shape index (κ2) is 7.90. The third-order valence-electron chi connectivity index (χ3n) is 4.16. The molecule has 4 nitrogen and oxygen atoms in total. The van der Waals surface area contributed by atoms with Crippen molar-refractivity contribution in [2.24, 2.45) is 11.7 Å². The number of nitrogens with zero attached hydrogens (tertiary/aromatic N) is 1. The second-order valence-electron chi connectivity index (χ2n) is 5.94. The van der Waals surface area contributed by atoms with E-state index in [0.717, 1.165) is 35.5 Å². The van der Waals surface area contributed by atoms with Crippen LogP contribution in [0.4, 0.5) is 0 Å². The van der Waals surface area contributed by atoms with Crippen LogP contribution in [0, 0.1) is 5.92 Å². The summed E-state index contributed by atoms with van der Waals surface area (Å²) in [6, 6.07) is 10.2. The number of nitrogens with two attached hydrogens (primary N) is 1. The fourth-order valence-electron chi connectivity index (χ4n) is 2.88. The molecule has 0 spiro atoms. The van der Waals surface area contributed by atoms with Gasteiger partial charge < -0.3 is 11.1 Å². The zero-order valence-corrected chi connectivity index (χ0v) is 14.7. The van der Waals surface area contributed by atoms with E-state index >= 15 is 0 Å². The lowest BCUT2D eigenvalue weighted by molar-refractivity contribution is -0.125. The summed E-state index contributed by atoms with van der Waals surface area (Å²) in [5.74, 6) is 0.169. The lowest BCUT2D eigenvalue weighted by Gasteiger charge is -2.15. The lowest BCUT2D eigenvalue weighted by atomic mass is 10.1. The SMILES string of the molecule is CC(NC(=O)C1CCC(N)C1)c1nc(-c2ccccc2)cs1.Cl. The fourth-order valence-corrected chi connectivity index (χ4v) is 3.71. The molecule has 1 fully saturated rings. The first-order valence-corrected chi connectivity index (χ1v) is 8.58. The topological polar surface area (TPSA) is 68.0 Å². The molecule has 3 unspecified atom stereocenters. The Kier molecular flexibility index (Phi) is 6.16. The molecule has 1 saturated carbocycles. The summed E-state index contributed by atoms with van der Waals surface area (Å²) in [6.45, 7) is 1.99. The van der Waals surface area contributed by atoms with Gasteiger partial charge in [-0.05, 0) is 26.2 Å². The highest BCUT2D eigenvalue weighted by molar-refractivity contribution is 7.10. The predicted octanol–water partition coefficient (Wildman–Crippen LogP) is 3.54. The quantitative estimate of drug-likeness (QED) is 0.885. The van der Waals surface area contributed by atoms with E-state index in [1.807, 2.05) is 42.6 Å². The van der Waals surface area contributed by atoms with Crippen LogP contribution in [0.5, 0.6) is 0 Å². The number of carbonyl (C=O) groups excluding carboxylic acids is 1. The van der Waals surface area contributed by atoms with Crippen LogP contribution in [0.15, 0.2) is 35.7 Å². The van der Waals surface area contributed by atoms with Crippen molar-refractivity contribution in [3.63, 3.8) is 0 Å². The first-order chi connectivity index (χ1) is 10.6. The monoisotopic (exact) mass is 351 g/mol. The first kappa shape index (κ1) is 17.9. The molecular weight excluding hydrogens is 330 g/mol. The average Bonchev–Trinajstić information content (AvgIpc) is 3.17. The number of halogens is 1. The molecule has 1 aliphatic carbocycles. The molecule has 0 saturated heterocycles. The zero-order chi connectivity index (χ0) is 15.5. The van der Waals surface area contributed by atoms with Gasteiger partial charge in [0.15, 0.2) is 0 Å². The van der Waals surface area contributed by atoms with Gasteiger partial charge in [-0.15, -0.1) is 23.7 Å². The van der Waals surface area contributed by atoms with E-state index in [-0.39, 0.29) is 36.3 Å². The van der Waals surface area contributed by atoms with Gasteiger partial charge in [-0.2, -0.15) is 0 Å². The van der Waals surface area contributed by atoms with Crippen LogP contribution < -0.4 is 11.1 Å². The minimum absolute atomic E-state index is 0. The van der Waals surface area contributed by atoms with Gasteiger partial charge in [0, 0.05) is 22.9 Å². The highest BCUT2D eigenvalue weighted by Gasteiger charge is 2.28. The van der Waals surface area contributed by atoms with E-state index in [9.17, 15) is 4.79 Å². The number of rotatable bonds is 4. The van der Waals surface area contributed by atoms with E-state index in [1.165, 1.54) is 0 Å². The summed E-state index contributed by atoms with van der Waals surface area (Å²) >= 11 is 1.59. The molecule has 1 heterocycles. The number of thiazole rings is 1. The van der Waals surface area contributed by atoms with Crippen molar-refractivity contribution >= 4 is 29.7 Å². The molecule has 0 aliphatic heterocycles. The third-order valence-corrected chi connectivity index (χ3v) is 5.19. The summed E-state index contributed by atoms with van der Waals surface area (Å²) in [6.07, 6.45) is 2.64. The van der Waals surface area contributed by atoms with Gasteiger partial charge >= 0.3 is 0 Å². The van der Waals surface area contributed by atoms with E-state index in [4.69, 9.17) is 5.73 Å². The van der Waals surface area contributed by atoms with E-state index < -0.39 is 0 Å². The number of hydrogen-bond donors (Lipinski definition) is 2. The Balaban J connectivity index is 0.00000192. The molecule has 2 aromatic rings. The molecule has 1 amide bonds. The number of nitrogens with one attached hydrogen (secondary N) is 1. The van der Waals surface area contributed by atoms with Gasteiger partial charge in [-0.1, -0.05) is 30.3 Å². The van der Waals surface area contributed by atoms with Crippen LogP contribution in [-0.2, 0) is 4.79 Å². The summed E-state index contributed by atoms with van der Waals surface area (Å²) < 4.78 is 0. The summed E-state index contributed by atoms with van der Waals surface area (Å²) in [7, 11) is 0. The largest absolute Gasteiger partial charge is 0.347 e. The Bertz CT molecular complexity index is 646. The summed E-state index contributed by atoms with van der Waals surface area (Å²) in [4.78, 5) is 16.9. The number of amides is 1. The van der Waals surface area contributed by atoms with Crippen molar-refractivity contribution in [2.45, 2.75) is 38.3 Å². The van der Waals surface area contributed by atoms with E-state index in [1.54, 1.807) is 11.3 Å². The summed E-state index contributed by atoms with van der Waals surface area (Å²) in [5, 5.41) is 6.06. The molecule has 1 aromatic carbocycles. The minimum Gasteiger partial charge on any atom is -0.347 e. The van der Waals surface area contributed by atoms with Crippen LogP contribution in [0.25, 0.3) is 11.3 Å². The normalized spacial score (nSPS) is 21.5. The lowest BCUT2D eigenvalue weighted by Crippen LogP contribution is -2.32. The minimum atomic E-state index is -0.0632. The second-order valence-corrected chi connectivity index (χ2v) is 6.83. The maximum atomic E-state index is 12.3. The average molecular weight is 352 g/mol. The Morgan fingerprint density at radius 2 is 2.09 bits per heavy atom. The molecule has 3 N–H and O–H groups in total. The van der Waals surface area contributed by atoms with Crippen LogP contribution in [-0.4, -0.2) is 16.9 Å². The van der Waals surface area contributed by atoms with Crippen molar-refractivity contribution in [3.8, 4) is 11.3 Å². The van der Waals surface area contributed by atoms with E-state index in [0.29, 0.717) is 0 Å².